The molecule has 0 aliphatic rings. The van der Waals surface area contributed by atoms with Crippen molar-refractivity contribution in [2.45, 2.75) is 13.8 Å². The van der Waals surface area contributed by atoms with Crippen molar-refractivity contribution < 1.29 is 13.9 Å². The Balaban J connectivity index is 2.76. The molecule has 0 heterocycles. The van der Waals surface area contributed by atoms with Crippen LogP contribution in [0.5, 0.6) is 0 Å². The molecule has 0 atom stereocenters. The Kier molecular flexibility index (Phi) is 6.29. The first kappa shape index (κ1) is 15.1. The first-order chi connectivity index (χ1) is 8.60. The van der Waals surface area contributed by atoms with Crippen LogP contribution in [0.4, 0.5) is 4.39 Å². The zero-order valence-corrected chi connectivity index (χ0v) is 12.2. The van der Waals surface area contributed by atoms with Gasteiger partial charge in [0, 0.05) is 24.2 Å². The van der Waals surface area contributed by atoms with E-state index < -0.39 is 0 Å². The maximum atomic E-state index is 13.0. The van der Waals surface area contributed by atoms with Crippen LogP contribution in [0.3, 0.4) is 0 Å². The standard InChI is InChI=1S/C13H17BrFNO2/c1-3-16(7-8-18-4-2)13(17)11-6-5-10(15)9-12(11)14/h5-6,9H,3-4,7-8H2,1-2H3. The highest BCUT2D eigenvalue weighted by Crippen LogP contribution is 2.19. The minimum atomic E-state index is -0.365. The van der Waals surface area contributed by atoms with Crippen LogP contribution in [0.15, 0.2) is 22.7 Å². The number of carbonyl (C=O) groups is 1. The van der Waals surface area contributed by atoms with Crippen molar-refractivity contribution in [3.05, 3.63) is 34.1 Å². The molecule has 1 amide bonds. The fraction of sp³-hybridized carbons (Fsp3) is 0.462. The van der Waals surface area contributed by atoms with Gasteiger partial charge >= 0.3 is 0 Å². The predicted octanol–water partition coefficient (Wildman–Crippen LogP) is 3.09. The number of halogens is 2. The van der Waals surface area contributed by atoms with Crippen LogP contribution in [0.2, 0.25) is 0 Å². The van der Waals surface area contributed by atoms with Gasteiger partial charge in [-0.25, -0.2) is 4.39 Å². The highest BCUT2D eigenvalue weighted by Gasteiger charge is 2.16. The van der Waals surface area contributed by atoms with E-state index in [2.05, 4.69) is 15.9 Å². The summed E-state index contributed by atoms with van der Waals surface area (Å²) < 4.78 is 18.7. The van der Waals surface area contributed by atoms with Crippen molar-refractivity contribution in [2.75, 3.05) is 26.3 Å². The molecule has 0 saturated carbocycles. The third kappa shape index (κ3) is 4.07. The molecule has 0 radical (unpaired) electrons. The van der Waals surface area contributed by atoms with E-state index in [1.165, 1.54) is 18.2 Å². The molecule has 0 saturated heterocycles. The van der Waals surface area contributed by atoms with Crippen LogP contribution in [-0.2, 0) is 4.74 Å². The van der Waals surface area contributed by atoms with Crippen LogP contribution >= 0.6 is 15.9 Å². The lowest BCUT2D eigenvalue weighted by molar-refractivity contribution is 0.0668. The molecule has 0 aromatic heterocycles. The molecule has 0 fully saturated rings. The molecule has 0 spiro atoms. The molecular weight excluding hydrogens is 301 g/mol. The van der Waals surface area contributed by atoms with Gasteiger partial charge < -0.3 is 9.64 Å². The third-order valence-electron chi connectivity index (χ3n) is 2.54. The Labute approximate surface area is 115 Å². The van der Waals surface area contributed by atoms with Gasteiger partial charge in [-0.1, -0.05) is 0 Å². The van der Waals surface area contributed by atoms with E-state index in [1.807, 2.05) is 13.8 Å². The second-order valence-electron chi connectivity index (χ2n) is 3.71. The van der Waals surface area contributed by atoms with E-state index in [-0.39, 0.29) is 11.7 Å². The Bertz CT molecular complexity index is 412. The normalized spacial score (nSPS) is 10.4. The number of rotatable bonds is 6. The van der Waals surface area contributed by atoms with Crippen molar-refractivity contribution >= 4 is 21.8 Å². The summed E-state index contributed by atoms with van der Waals surface area (Å²) in [4.78, 5) is 13.9. The summed E-state index contributed by atoms with van der Waals surface area (Å²) in [5.74, 6) is -0.486. The molecule has 18 heavy (non-hydrogen) atoms. The first-order valence-corrected chi connectivity index (χ1v) is 6.71. The summed E-state index contributed by atoms with van der Waals surface area (Å²) in [6.07, 6.45) is 0. The number of likely N-dealkylation sites (N-methyl/N-ethyl adjacent to an activating group) is 1. The molecule has 1 aromatic rings. The second-order valence-corrected chi connectivity index (χ2v) is 4.56. The van der Waals surface area contributed by atoms with E-state index >= 15 is 0 Å². The predicted molar refractivity (Wildman–Crippen MR) is 72.2 cm³/mol. The molecule has 5 heteroatoms. The monoisotopic (exact) mass is 317 g/mol. The van der Waals surface area contributed by atoms with Crippen molar-refractivity contribution in [1.29, 1.82) is 0 Å². The van der Waals surface area contributed by atoms with E-state index in [9.17, 15) is 9.18 Å². The molecule has 1 aromatic carbocycles. The van der Waals surface area contributed by atoms with Gasteiger partial charge in [-0.3, -0.25) is 4.79 Å². The molecule has 1 rings (SSSR count). The van der Waals surface area contributed by atoms with Gasteiger partial charge in [0.15, 0.2) is 0 Å². The van der Waals surface area contributed by atoms with Gasteiger partial charge in [0.25, 0.3) is 5.91 Å². The Hall–Kier alpha value is -0.940. The van der Waals surface area contributed by atoms with Crippen molar-refractivity contribution in [3.8, 4) is 0 Å². The summed E-state index contributed by atoms with van der Waals surface area (Å²) in [5, 5.41) is 0. The summed E-state index contributed by atoms with van der Waals surface area (Å²) >= 11 is 3.21. The van der Waals surface area contributed by atoms with Crippen LogP contribution in [0.1, 0.15) is 24.2 Å². The van der Waals surface area contributed by atoms with Crippen molar-refractivity contribution in [2.24, 2.45) is 0 Å². The number of ether oxygens (including phenoxy) is 1. The topological polar surface area (TPSA) is 29.5 Å². The average molecular weight is 318 g/mol. The largest absolute Gasteiger partial charge is 0.380 e. The van der Waals surface area contributed by atoms with Crippen molar-refractivity contribution in [3.63, 3.8) is 0 Å². The molecular formula is C13H17BrFNO2. The fourth-order valence-corrected chi connectivity index (χ4v) is 2.08. The minimum Gasteiger partial charge on any atom is -0.380 e. The van der Waals surface area contributed by atoms with E-state index in [4.69, 9.17) is 4.74 Å². The van der Waals surface area contributed by atoms with Gasteiger partial charge in [-0.2, -0.15) is 0 Å². The summed E-state index contributed by atoms with van der Waals surface area (Å²) in [6.45, 7) is 6.08. The highest BCUT2D eigenvalue weighted by molar-refractivity contribution is 9.10. The number of benzene rings is 1. The smallest absolute Gasteiger partial charge is 0.255 e. The van der Waals surface area contributed by atoms with Gasteiger partial charge in [0.1, 0.15) is 5.82 Å². The van der Waals surface area contributed by atoms with E-state index in [1.54, 1.807) is 4.90 Å². The lowest BCUT2D eigenvalue weighted by Gasteiger charge is -2.21. The van der Waals surface area contributed by atoms with Crippen LogP contribution in [-0.4, -0.2) is 37.1 Å². The average Bonchev–Trinajstić information content (AvgIpc) is 2.34. The molecule has 3 nitrogen and oxygen atoms in total. The summed E-state index contributed by atoms with van der Waals surface area (Å²) in [5.41, 5.74) is 0.467. The molecule has 100 valence electrons. The molecule has 0 aliphatic carbocycles. The minimum absolute atomic E-state index is 0.121. The summed E-state index contributed by atoms with van der Waals surface area (Å²) in [7, 11) is 0. The van der Waals surface area contributed by atoms with E-state index in [0.29, 0.717) is 36.3 Å². The Morgan fingerprint density at radius 2 is 2.17 bits per heavy atom. The van der Waals surface area contributed by atoms with Crippen LogP contribution in [0.25, 0.3) is 0 Å². The van der Waals surface area contributed by atoms with Gasteiger partial charge in [-0.05, 0) is 48.0 Å². The van der Waals surface area contributed by atoms with Gasteiger partial charge in [0.2, 0.25) is 0 Å². The first-order valence-electron chi connectivity index (χ1n) is 5.92. The molecule has 0 aliphatic heterocycles. The SMILES string of the molecule is CCOCCN(CC)C(=O)c1ccc(F)cc1Br. The number of hydrogen-bond acceptors (Lipinski definition) is 2. The van der Waals surface area contributed by atoms with Crippen LogP contribution in [0, 0.1) is 5.82 Å². The fourth-order valence-electron chi connectivity index (χ4n) is 1.56. The second kappa shape index (κ2) is 7.48. The molecule has 0 unspecified atom stereocenters. The van der Waals surface area contributed by atoms with Crippen LogP contribution < -0.4 is 0 Å². The Morgan fingerprint density at radius 1 is 1.44 bits per heavy atom. The number of hydrogen-bond donors (Lipinski definition) is 0. The van der Waals surface area contributed by atoms with Gasteiger partial charge in [-0.15, -0.1) is 0 Å². The maximum Gasteiger partial charge on any atom is 0.255 e. The quantitative estimate of drug-likeness (QED) is 0.755. The van der Waals surface area contributed by atoms with Gasteiger partial charge in [0.05, 0.1) is 12.2 Å². The van der Waals surface area contributed by atoms with E-state index in [0.717, 1.165) is 0 Å². The number of amides is 1. The lowest BCUT2D eigenvalue weighted by atomic mass is 10.2. The molecule has 0 bridgehead atoms. The van der Waals surface area contributed by atoms with Crippen molar-refractivity contribution in [1.82, 2.24) is 4.90 Å². The Morgan fingerprint density at radius 3 is 2.72 bits per heavy atom. The lowest BCUT2D eigenvalue weighted by Crippen LogP contribution is -2.34. The number of nitrogens with zero attached hydrogens (tertiary/aromatic N) is 1. The summed E-state index contributed by atoms with van der Waals surface area (Å²) in [6, 6.07) is 4.07. The third-order valence-corrected chi connectivity index (χ3v) is 3.20. The zero-order chi connectivity index (χ0) is 13.5. The number of carbonyl (C=O) groups excluding carboxylic acids is 1. The maximum absolute atomic E-state index is 13.0. The molecule has 0 N–H and O–H groups in total. The zero-order valence-electron chi connectivity index (χ0n) is 10.6. The highest BCUT2D eigenvalue weighted by atomic mass is 79.9.